The lowest BCUT2D eigenvalue weighted by Gasteiger charge is -2.36. The Labute approximate surface area is 137 Å². The number of hydrogen-bond acceptors (Lipinski definition) is 3. The molecule has 1 aromatic heterocycles. The summed E-state index contributed by atoms with van der Waals surface area (Å²) >= 11 is 3.78. The molecule has 0 bridgehead atoms. The first-order valence-electron chi connectivity index (χ1n) is 8.40. The number of nitrogens with one attached hydrogen (secondary N) is 1. The Hall–Kier alpha value is -0.390. The van der Waals surface area contributed by atoms with Gasteiger partial charge in [0.05, 0.1) is 15.9 Å². The quantitative estimate of drug-likeness (QED) is 0.814. The molecule has 0 aromatic carbocycles. The Morgan fingerprint density at radius 1 is 1.29 bits per heavy atom. The highest BCUT2D eigenvalue weighted by atomic mass is 79.9. The van der Waals surface area contributed by atoms with Gasteiger partial charge in [-0.15, -0.1) is 0 Å². The zero-order valence-corrected chi connectivity index (χ0v) is 15.2. The molecule has 1 aliphatic rings. The first kappa shape index (κ1) is 17.0. The van der Waals surface area contributed by atoms with Crippen LogP contribution in [-0.2, 0) is 19.5 Å². The average Bonchev–Trinajstić information content (AvgIpc) is 2.82. The smallest absolute Gasteiger partial charge is 0.0767 e. The van der Waals surface area contributed by atoms with Crippen molar-refractivity contribution in [3.05, 3.63) is 15.9 Å². The van der Waals surface area contributed by atoms with E-state index in [2.05, 4.69) is 51.6 Å². The van der Waals surface area contributed by atoms with E-state index in [9.17, 15) is 0 Å². The van der Waals surface area contributed by atoms with Gasteiger partial charge < -0.3 is 5.32 Å². The maximum absolute atomic E-state index is 4.73. The molecule has 0 saturated carbocycles. The summed E-state index contributed by atoms with van der Waals surface area (Å²) in [4.78, 5) is 2.64. The van der Waals surface area contributed by atoms with Gasteiger partial charge in [0.25, 0.3) is 0 Å². The van der Waals surface area contributed by atoms with Crippen LogP contribution in [0.2, 0.25) is 0 Å². The van der Waals surface area contributed by atoms with Crippen LogP contribution in [0.25, 0.3) is 0 Å². The molecule has 1 unspecified atom stereocenters. The fourth-order valence-corrected chi connectivity index (χ4v) is 3.86. The summed E-state index contributed by atoms with van der Waals surface area (Å²) in [6.07, 6.45) is 4.98. The third-order valence-electron chi connectivity index (χ3n) is 4.43. The lowest BCUT2D eigenvalue weighted by atomic mass is 10.0. The van der Waals surface area contributed by atoms with Gasteiger partial charge in [-0.1, -0.05) is 20.3 Å². The van der Waals surface area contributed by atoms with Crippen LogP contribution in [-0.4, -0.2) is 40.4 Å². The Morgan fingerprint density at radius 3 is 2.76 bits per heavy atom. The Kier molecular flexibility index (Phi) is 6.71. The van der Waals surface area contributed by atoms with E-state index in [1.165, 1.54) is 41.7 Å². The summed E-state index contributed by atoms with van der Waals surface area (Å²) in [5.74, 6) is 0. The molecule has 4 nitrogen and oxygen atoms in total. The van der Waals surface area contributed by atoms with Crippen LogP contribution in [0.5, 0.6) is 0 Å². The molecule has 1 atom stereocenters. The summed E-state index contributed by atoms with van der Waals surface area (Å²) in [7, 11) is 0. The van der Waals surface area contributed by atoms with Crippen LogP contribution >= 0.6 is 15.9 Å². The van der Waals surface area contributed by atoms with Crippen molar-refractivity contribution in [1.82, 2.24) is 20.0 Å². The van der Waals surface area contributed by atoms with E-state index >= 15 is 0 Å². The lowest BCUT2D eigenvalue weighted by Crippen LogP contribution is -2.45. The van der Waals surface area contributed by atoms with Gasteiger partial charge in [-0.3, -0.25) is 9.58 Å². The summed E-state index contributed by atoms with van der Waals surface area (Å²) in [5.41, 5.74) is 2.53. The summed E-state index contributed by atoms with van der Waals surface area (Å²) in [5, 5.41) is 8.24. The first-order valence-corrected chi connectivity index (χ1v) is 9.19. The summed E-state index contributed by atoms with van der Waals surface area (Å²) in [6, 6.07) is 0.663. The third kappa shape index (κ3) is 4.08. The molecule has 1 aromatic rings. The largest absolute Gasteiger partial charge is 0.315 e. The van der Waals surface area contributed by atoms with E-state index in [0.717, 1.165) is 32.6 Å². The summed E-state index contributed by atoms with van der Waals surface area (Å²) in [6.45, 7) is 11.9. The van der Waals surface area contributed by atoms with E-state index in [-0.39, 0.29) is 0 Å². The minimum absolute atomic E-state index is 0.663. The minimum Gasteiger partial charge on any atom is -0.315 e. The zero-order chi connectivity index (χ0) is 15.2. The fourth-order valence-electron chi connectivity index (χ4n) is 3.17. The van der Waals surface area contributed by atoms with Crippen molar-refractivity contribution in [2.24, 2.45) is 0 Å². The van der Waals surface area contributed by atoms with Gasteiger partial charge in [0.1, 0.15) is 0 Å². The molecule has 0 radical (unpaired) electrons. The van der Waals surface area contributed by atoms with Crippen molar-refractivity contribution >= 4 is 15.9 Å². The van der Waals surface area contributed by atoms with Crippen molar-refractivity contribution in [3.8, 4) is 0 Å². The number of aryl methyl sites for hydroxylation is 2. The van der Waals surface area contributed by atoms with Crippen molar-refractivity contribution in [2.75, 3.05) is 19.6 Å². The van der Waals surface area contributed by atoms with E-state index in [4.69, 9.17) is 5.10 Å². The highest BCUT2D eigenvalue weighted by Gasteiger charge is 2.25. The molecule has 1 fully saturated rings. The topological polar surface area (TPSA) is 33.1 Å². The molecule has 21 heavy (non-hydrogen) atoms. The van der Waals surface area contributed by atoms with E-state index in [0.29, 0.717) is 6.04 Å². The maximum Gasteiger partial charge on any atom is 0.0767 e. The van der Waals surface area contributed by atoms with Crippen LogP contribution in [0, 0.1) is 0 Å². The normalized spacial score (nSPS) is 20.1. The predicted molar refractivity (Wildman–Crippen MR) is 91.6 cm³/mol. The first-order chi connectivity index (χ1) is 10.2. The second-order valence-electron chi connectivity index (χ2n) is 5.80. The molecule has 0 amide bonds. The molecular weight excluding hydrogens is 328 g/mol. The van der Waals surface area contributed by atoms with E-state index in [1.807, 2.05) is 0 Å². The second-order valence-corrected chi connectivity index (χ2v) is 6.60. The third-order valence-corrected chi connectivity index (χ3v) is 5.34. The number of likely N-dealkylation sites (tertiary alicyclic amines) is 1. The van der Waals surface area contributed by atoms with Crippen LogP contribution in [0.3, 0.4) is 0 Å². The SMILES string of the molecule is CCNCC1CCCCN1Cc1c(Br)c(CC)nn1CC. The Morgan fingerprint density at radius 2 is 2.10 bits per heavy atom. The van der Waals surface area contributed by atoms with E-state index in [1.54, 1.807) is 0 Å². The highest BCUT2D eigenvalue weighted by Crippen LogP contribution is 2.26. The number of nitrogens with zero attached hydrogens (tertiary/aromatic N) is 3. The number of halogens is 1. The maximum atomic E-state index is 4.73. The zero-order valence-electron chi connectivity index (χ0n) is 13.7. The molecule has 2 heterocycles. The highest BCUT2D eigenvalue weighted by molar-refractivity contribution is 9.10. The lowest BCUT2D eigenvalue weighted by molar-refractivity contribution is 0.134. The number of likely N-dealkylation sites (N-methyl/N-ethyl adjacent to an activating group) is 1. The predicted octanol–water partition coefficient (Wildman–Crippen LogP) is 3.19. The van der Waals surface area contributed by atoms with Gasteiger partial charge in [-0.05, 0) is 55.2 Å². The average molecular weight is 357 g/mol. The summed E-state index contributed by atoms with van der Waals surface area (Å²) < 4.78 is 3.39. The molecule has 120 valence electrons. The van der Waals surface area contributed by atoms with Gasteiger partial charge >= 0.3 is 0 Å². The molecule has 0 aliphatic carbocycles. The molecule has 1 N–H and O–H groups in total. The van der Waals surface area contributed by atoms with Crippen molar-refractivity contribution in [1.29, 1.82) is 0 Å². The van der Waals surface area contributed by atoms with Gasteiger partial charge in [-0.25, -0.2) is 0 Å². The molecule has 2 rings (SSSR count). The molecular formula is C16H29BrN4. The molecule has 5 heteroatoms. The van der Waals surface area contributed by atoms with Crippen LogP contribution in [0.4, 0.5) is 0 Å². The van der Waals surface area contributed by atoms with Crippen molar-refractivity contribution < 1.29 is 0 Å². The number of rotatable bonds is 7. The van der Waals surface area contributed by atoms with Gasteiger partial charge in [0.15, 0.2) is 0 Å². The molecule has 1 aliphatic heterocycles. The number of piperidine rings is 1. The van der Waals surface area contributed by atoms with Crippen LogP contribution in [0.1, 0.15) is 51.4 Å². The minimum atomic E-state index is 0.663. The second kappa shape index (κ2) is 8.30. The van der Waals surface area contributed by atoms with E-state index < -0.39 is 0 Å². The Bertz CT molecular complexity index is 444. The van der Waals surface area contributed by atoms with Crippen molar-refractivity contribution in [2.45, 2.75) is 65.6 Å². The molecule has 0 spiro atoms. The van der Waals surface area contributed by atoms with Gasteiger partial charge in [0, 0.05) is 25.7 Å². The standard InChI is InChI=1S/C16H29BrN4/c1-4-14-16(17)15(21(6-3)19-14)12-20-10-8-7-9-13(20)11-18-5-2/h13,18H,4-12H2,1-3H3. The van der Waals surface area contributed by atoms with Crippen LogP contribution in [0.15, 0.2) is 4.47 Å². The Balaban J connectivity index is 2.12. The van der Waals surface area contributed by atoms with Crippen molar-refractivity contribution in [3.63, 3.8) is 0 Å². The fraction of sp³-hybridized carbons (Fsp3) is 0.812. The molecule has 1 saturated heterocycles. The number of hydrogen-bond donors (Lipinski definition) is 1. The van der Waals surface area contributed by atoms with Crippen LogP contribution < -0.4 is 5.32 Å². The monoisotopic (exact) mass is 356 g/mol. The number of aromatic nitrogens is 2. The van der Waals surface area contributed by atoms with Gasteiger partial charge in [0.2, 0.25) is 0 Å². The van der Waals surface area contributed by atoms with Gasteiger partial charge in [-0.2, -0.15) is 5.10 Å².